The molecule has 0 saturated carbocycles. The van der Waals surface area contributed by atoms with Gasteiger partial charge in [0.2, 0.25) is 5.91 Å². The lowest BCUT2D eigenvalue weighted by atomic mass is 10.1. The maximum Gasteiger partial charge on any atom is 0.273 e. The van der Waals surface area contributed by atoms with Crippen molar-refractivity contribution in [2.45, 2.75) is 19.3 Å². The zero-order valence-electron chi connectivity index (χ0n) is 16.1. The first kappa shape index (κ1) is 20.5. The minimum Gasteiger partial charge on any atom is -0.382 e. The summed E-state index contributed by atoms with van der Waals surface area (Å²) >= 11 is 0. The Bertz CT molecular complexity index is 1100. The quantitative estimate of drug-likeness (QED) is 0.336. The van der Waals surface area contributed by atoms with Crippen molar-refractivity contribution in [3.05, 3.63) is 81.5 Å². The number of rotatable bonds is 8. The number of aromatic nitrogens is 2. The number of nitrogen functional groups attached to an aromatic ring is 1. The van der Waals surface area contributed by atoms with Crippen molar-refractivity contribution in [3.8, 4) is 11.8 Å². The number of amides is 1. The van der Waals surface area contributed by atoms with E-state index in [1.54, 1.807) is 18.2 Å². The Labute approximate surface area is 172 Å². The van der Waals surface area contributed by atoms with Crippen molar-refractivity contribution in [2.24, 2.45) is 0 Å². The molecule has 3 N–H and O–H groups in total. The topological polar surface area (TPSA) is 140 Å². The first-order valence-corrected chi connectivity index (χ1v) is 9.33. The van der Waals surface area contributed by atoms with Crippen LogP contribution in [-0.2, 0) is 17.6 Å². The lowest BCUT2D eigenvalue weighted by Crippen LogP contribution is -2.26. The number of hydrogen-bond donors (Lipinski definition) is 2. The van der Waals surface area contributed by atoms with Crippen LogP contribution in [0.5, 0.6) is 0 Å². The molecule has 0 spiro atoms. The minimum atomic E-state index is -0.500. The van der Waals surface area contributed by atoms with Gasteiger partial charge < -0.3 is 11.1 Å². The Morgan fingerprint density at radius 1 is 1.20 bits per heavy atom. The van der Waals surface area contributed by atoms with Gasteiger partial charge in [0.15, 0.2) is 0 Å². The fourth-order valence-corrected chi connectivity index (χ4v) is 3.10. The molecule has 0 unspecified atom stereocenters. The van der Waals surface area contributed by atoms with Gasteiger partial charge in [0.05, 0.1) is 22.7 Å². The van der Waals surface area contributed by atoms with Crippen LogP contribution in [0.1, 0.15) is 23.2 Å². The van der Waals surface area contributed by atoms with Gasteiger partial charge in [0.1, 0.15) is 17.5 Å². The average Bonchev–Trinajstić information content (AvgIpc) is 3.07. The van der Waals surface area contributed by atoms with Crippen LogP contribution in [0.3, 0.4) is 0 Å². The number of nitro benzene ring substituents is 1. The number of nitrogens with two attached hydrogens (primary N) is 1. The number of nitro groups is 1. The number of carbonyl (C=O) groups excluding carboxylic acids is 1. The predicted molar refractivity (Wildman–Crippen MR) is 111 cm³/mol. The molecule has 0 fully saturated rings. The fourth-order valence-electron chi connectivity index (χ4n) is 3.10. The number of nitrogens with one attached hydrogen (secondary N) is 1. The van der Waals surface area contributed by atoms with E-state index >= 15 is 0 Å². The van der Waals surface area contributed by atoms with E-state index in [9.17, 15) is 20.2 Å². The Hall–Kier alpha value is -4.19. The lowest BCUT2D eigenvalue weighted by molar-refractivity contribution is -0.385. The fraction of sp³-hybridized carbons (Fsp3) is 0.190. The second-order valence-electron chi connectivity index (χ2n) is 6.58. The van der Waals surface area contributed by atoms with E-state index in [4.69, 9.17) is 5.73 Å². The van der Waals surface area contributed by atoms with Gasteiger partial charge in [-0.1, -0.05) is 36.4 Å². The van der Waals surface area contributed by atoms with Crippen molar-refractivity contribution in [1.82, 2.24) is 15.1 Å². The highest BCUT2D eigenvalue weighted by molar-refractivity contribution is 5.79. The number of aryl methyl sites for hydroxylation is 1. The molecule has 0 radical (unpaired) electrons. The summed E-state index contributed by atoms with van der Waals surface area (Å²) in [6.07, 6.45) is 0.928. The van der Waals surface area contributed by atoms with Crippen LogP contribution in [0.25, 0.3) is 5.69 Å². The van der Waals surface area contributed by atoms with E-state index in [0.717, 1.165) is 5.69 Å². The number of anilines is 1. The first-order chi connectivity index (χ1) is 14.5. The predicted octanol–water partition coefficient (Wildman–Crippen LogP) is 2.53. The molecule has 0 bridgehead atoms. The number of nitriles is 1. The largest absolute Gasteiger partial charge is 0.382 e. The third-order valence-electron chi connectivity index (χ3n) is 4.56. The highest BCUT2D eigenvalue weighted by Crippen LogP contribution is 2.21. The van der Waals surface area contributed by atoms with Crippen LogP contribution in [0.2, 0.25) is 0 Å². The van der Waals surface area contributed by atoms with Gasteiger partial charge in [0.25, 0.3) is 5.69 Å². The van der Waals surface area contributed by atoms with Crippen LogP contribution in [0, 0.1) is 21.4 Å². The third-order valence-corrected chi connectivity index (χ3v) is 4.56. The number of benzene rings is 2. The number of para-hydroxylation sites is 2. The molecule has 3 aromatic rings. The van der Waals surface area contributed by atoms with Crippen molar-refractivity contribution in [2.75, 3.05) is 12.3 Å². The molecule has 0 aliphatic carbocycles. The molecule has 1 heterocycles. The van der Waals surface area contributed by atoms with E-state index < -0.39 is 4.92 Å². The average molecular weight is 404 g/mol. The smallest absolute Gasteiger partial charge is 0.273 e. The molecule has 30 heavy (non-hydrogen) atoms. The van der Waals surface area contributed by atoms with E-state index in [2.05, 4.69) is 16.5 Å². The van der Waals surface area contributed by atoms with E-state index in [1.165, 1.54) is 10.7 Å². The summed E-state index contributed by atoms with van der Waals surface area (Å²) in [7, 11) is 0. The Morgan fingerprint density at radius 2 is 1.90 bits per heavy atom. The highest BCUT2D eigenvalue weighted by atomic mass is 16.6. The van der Waals surface area contributed by atoms with E-state index in [1.807, 2.05) is 30.3 Å². The third kappa shape index (κ3) is 4.62. The SMILES string of the molecule is N#Cc1c(CCCNC(=O)Cc2ccccc2[N+](=O)[O-])nn(-c2ccccc2)c1N. The van der Waals surface area contributed by atoms with Crippen molar-refractivity contribution in [3.63, 3.8) is 0 Å². The number of carbonyl (C=O) groups is 1. The van der Waals surface area contributed by atoms with Crippen molar-refractivity contribution in [1.29, 1.82) is 5.26 Å². The maximum absolute atomic E-state index is 12.1. The molecule has 9 nitrogen and oxygen atoms in total. The van der Waals surface area contributed by atoms with Gasteiger partial charge in [-0.05, 0) is 25.0 Å². The maximum atomic E-state index is 12.1. The van der Waals surface area contributed by atoms with Gasteiger partial charge in [-0.15, -0.1) is 0 Å². The molecule has 152 valence electrons. The summed E-state index contributed by atoms with van der Waals surface area (Å²) in [5.41, 5.74) is 8.01. The van der Waals surface area contributed by atoms with E-state index in [0.29, 0.717) is 36.2 Å². The first-order valence-electron chi connectivity index (χ1n) is 9.33. The molecular weight excluding hydrogens is 384 g/mol. The second-order valence-corrected chi connectivity index (χ2v) is 6.58. The summed E-state index contributed by atoms with van der Waals surface area (Å²) in [5, 5.41) is 27.7. The molecule has 1 amide bonds. The summed E-state index contributed by atoms with van der Waals surface area (Å²) in [6, 6.07) is 17.5. The number of nitrogens with zero attached hydrogens (tertiary/aromatic N) is 4. The van der Waals surface area contributed by atoms with Crippen LogP contribution in [0.4, 0.5) is 11.5 Å². The van der Waals surface area contributed by atoms with Crippen LogP contribution < -0.4 is 11.1 Å². The molecule has 0 saturated heterocycles. The zero-order chi connectivity index (χ0) is 21.5. The summed E-state index contributed by atoms with van der Waals surface area (Å²) < 4.78 is 1.53. The molecular formula is C21H20N6O3. The Morgan fingerprint density at radius 3 is 2.60 bits per heavy atom. The summed E-state index contributed by atoms with van der Waals surface area (Å²) in [4.78, 5) is 22.7. The van der Waals surface area contributed by atoms with Crippen molar-refractivity contribution >= 4 is 17.4 Å². The minimum absolute atomic E-state index is 0.0732. The monoisotopic (exact) mass is 404 g/mol. The van der Waals surface area contributed by atoms with Gasteiger partial charge in [-0.25, -0.2) is 4.68 Å². The molecule has 0 aliphatic heterocycles. The van der Waals surface area contributed by atoms with Crippen LogP contribution >= 0.6 is 0 Å². The lowest BCUT2D eigenvalue weighted by Gasteiger charge is -2.05. The summed E-state index contributed by atoms with van der Waals surface area (Å²) in [5.74, 6) is -0.0294. The number of hydrogen-bond acceptors (Lipinski definition) is 6. The molecule has 1 aromatic heterocycles. The summed E-state index contributed by atoms with van der Waals surface area (Å²) in [6.45, 7) is 0.350. The normalized spacial score (nSPS) is 10.4. The van der Waals surface area contributed by atoms with Gasteiger partial charge in [0, 0.05) is 18.2 Å². The Balaban J connectivity index is 1.58. The molecule has 0 atom stereocenters. The second kappa shape index (κ2) is 9.34. The molecule has 9 heteroatoms. The molecule has 2 aromatic carbocycles. The molecule has 0 aliphatic rings. The van der Waals surface area contributed by atoms with Crippen molar-refractivity contribution < 1.29 is 9.72 Å². The highest BCUT2D eigenvalue weighted by Gasteiger charge is 2.17. The zero-order valence-corrected chi connectivity index (χ0v) is 16.1. The van der Waals surface area contributed by atoms with Crippen LogP contribution in [0.15, 0.2) is 54.6 Å². The van der Waals surface area contributed by atoms with Gasteiger partial charge in [-0.3, -0.25) is 14.9 Å². The Kier molecular flexibility index (Phi) is 6.39. The standard InChI is InChI=1S/C21H20N6O3/c22-14-17-18(25-26(21(17)23)16-8-2-1-3-9-16)10-6-12-24-20(28)13-15-7-4-5-11-19(15)27(29)30/h1-5,7-9,11H,6,10,12-13,23H2,(H,24,28). The van der Waals surface area contributed by atoms with Gasteiger partial charge in [-0.2, -0.15) is 10.4 Å². The molecule has 3 rings (SSSR count). The van der Waals surface area contributed by atoms with E-state index in [-0.39, 0.29) is 23.8 Å². The van der Waals surface area contributed by atoms with Crippen LogP contribution in [-0.4, -0.2) is 27.2 Å². The van der Waals surface area contributed by atoms with Gasteiger partial charge >= 0.3 is 0 Å².